The monoisotopic (exact) mass is 412 g/mol. The number of halogens is 3. The number of ether oxygens (including phenoxy) is 2. The Morgan fingerprint density at radius 1 is 1.00 bits per heavy atom. The van der Waals surface area contributed by atoms with Gasteiger partial charge in [0.15, 0.2) is 11.5 Å². The van der Waals surface area contributed by atoms with E-state index < -0.39 is 29.6 Å². The number of nitrogens with zero attached hydrogens (tertiary/aromatic N) is 1. The molecule has 30 heavy (non-hydrogen) atoms. The molecule has 1 atom stereocenters. The zero-order valence-electron chi connectivity index (χ0n) is 15.0. The fourth-order valence-electron chi connectivity index (χ4n) is 3.50. The number of nitrogens with two attached hydrogens (primary N) is 1. The molecule has 0 fully saturated rings. The van der Waals surface area contributed by atoms with Gasteiger partial charge in [-0.3, -0.25) is 9.59 Å². The highest BCUT2D eigenvalue weighted by Crippen LogP contribution is 2.44. The van der Waals surface area contributed by atoms with Gasteiger partial charge in [-0.15, -0.1) is 13.2 Å². The Hall–Kier alpha value is -4.06. The fraction of sp³-hybridized carbons (Fsp3) is 0.0952. The van der Waals surface area contributed by atoms with Crippen LogP contribution in [0.3, 0.4) is 0 Å². The molecule has 6 nitrogen and oxygen atoms in total. The molecular formula is C21H11F3N2O4. The highest BCUT2D eigenvalue weighted by molar-refractivity contribution is 6.27. The van der Waals surface area contributed by atoms with Crippen molar-refractivity contribution in [1.29, 1.82) is 5.26 Å². The zero-order valence-corrected chi connectivity index (χ0v) is 15.0. The van der Waals surface area contributed by atoms with E-state index in [1.165, 1.54) is 24.3 Å². The number of nitriles is 1. The summed E-state index contributed by atoms with van der Waals surface area (Å²) in [5.74, 6) is -3.29. The Labute approximate surface area is 167 Å². The highest BCUT2D eigenvalue weighted by atomic mass is 19.4. The third-order valence-corrected chi connectivity index (χ3v) is 4.73. The van der Waals surface area contributed by atoms with Crippen LogP contribution in [0.2, 0.25) is 0 Å². The second kappa shape index (κ2) is 6.77. The summed E-state index contributed by atoms with van der Waals surface area (Å²) in [5.41, 5.74) is 6.18. The van der Waals surface area contributed by atoms with Crippen LogP contribution in [0.5, 0.6) is 5.75 Å². The van der Waals surface area contributed by atoms with Crippen LogP contribution in [0.25, 0.3) is 0 Å². The van der Waals surface area contributed by atoms with Gasteiger partial charge < -0.3 is 15.2 Å². The topological polar surface area (TPSA) is 102 Å². The Kier molecular flexibility index (Phi) is 4.35. The van der Waals surface area contributed by atoms with Crippen LogP contribution in [0.15, 0.2) is 71.3 Å². The van der Waals surface area contributed by atoms with Gasteiger partial charge >= 0.3 is 6.36 Å². The van der Waals surface area contributed by atoms with E-state index >= 15 is 0 Å². The average Bonchev–Trinajstić information content (AvgIpc) is 2.70. The first kappa shape index (κ1) is 19.3. The standard InChI is InChI=1S/C21H11F3N2O4/c22-21(23,24)30-11-7-5-10(6-8-11)15-14(9-25)20(26)29-19-16(15)17(27)12-3-1-2-4-13(12)18(19)28/h1-8,15H,26H2/t15-/m0/s1. The molecule has 0 aromatic heterocycles. The van der Waals surface area contributed by atoms with Crippen LogP contribution < -0.4 is 10.5 Å². The van der Waals surface area contributed by atoms with Crippen molar-refractivity contribution in [3.05, 3.63) is 88.0 Å². The minimum absolute atomic E-state index is 0.0889. The number of rotatable bonds is 2. The van der Waals surface area contributed by atoms with Gasteiger partial charge in [0.1, 0.15) is 17.4 Å². The molecule has 0 spiro atoms. The normalized spacial score (nSPS) is 18.4. The molecule has 1 heterocycles. The predicted molar refractivity (Wildman–Crippen MR) is 95.9 cm³/mol. The van der Waals surface area contributed by atoms with Crippen molar-refractivity contribution in [1.82, 2.24) is 0 Å². The van der Waals surface area contributed by atoms with E-state index in [1.807, 2.05) is 6.07 Å². The van der Waals surface area contributed by atoms with Crippen molar-refractivity contribution in [3.8, 4) is 11.8 Å². The summed E-state index contributed by atoms with van der Waals surface area (Å²) in [7, 11) is 0. The van der Waals surface area contributed by atoms with E-state index in [9.17, 15) is 28.0 Å². The van der Waals surface area contributed by atoms with Crippen LogP contribution in [0.4, 0.5) is 13.2 Å². The van der Waals surface area contributed by atoms with Crippen LogP contribution >= 0.6 is 0 Å². The number of allylic oxidation sites excluding steroid dienone is 3. The third-order valence-electron chi connectivity index (χ3n) is 4.73. The maximum Gasteiger partial charge on any atom is 0.573 e. The average molecular weight is 412 g/mol. The van der Waals surface area contributed by atoms with Gasteiger partial charge in [-0.25, -0.2) is 0 Å². The Morgan fingerprint density at radius 2 is 1.60 bits per heavy atom. The lowest BCUT2D eigenvalue weighted by molar-refractivity contribution is -0.274. The van der Waals surface area contributed by atoms with Crippen molar-refractivity contribution in [2.75, 3.05) is 0 Å². The summed E-state index contributed by atoms with van der Waals surface area (Å²) in [4.78, 5) is 26.1. The van der Waals surface area contributed by atoms with Gasteiger partial charge in [-0.05, 0) is 17.7 Å². The first-order valence-corrected chi connectivity index (χ1v) is 8.57. The molecule has 1 aliphatic carbocycles. The summed E-state index contributed by atoms with van der Waals surface area (Å²) >= 11 is 0. The van der Waals surface area contributed by atoms with Gasteiger partial charge in [0.2, 0.25) is 11.7 Å². The molecule has 0 radical (unpaired) electrons. The van der Waals surface area contributed by atoms with Crippen molar-refractivity contribution in [2.24, 2.45) is 5.73 Å². The maximum absolute atomic E-state index is 13.2. The van der Waals surface area contributed by atoms with Gasteiger partial charge in [-0.2, -0.15) is 5.26 Å². The quantitative estimate of drug-likeness (QED) is 0.807. The van der Waals surface area contributed by atoms with E-state index in [4.69, 9.17) is 10.5 Å². The van der Waals surface area contributed by atoms with Crippen LogP contribution in [0.1, 0.15) is 32.2 Å². The molecule has 2 N–H and O–H groups in total. The molecule has 2 aromatic carbocycles. The van der Waals surface area contributed by atoms with Crippen molar-refractivity contribution in [2.45, 2.75) is 12.3 Å². The zero-order chi connectivity index (χ0) is 21.6. The summed E-state index contributed by atoms with van der Waals surface area (Å²) in [6, 6.07) is 12.6. The number of benzene rings is 2. The van der Waals surface area contributed by atoms with Crippen molar-refractivity contribution < 1.29 is 32.2 Å². The Morgan fingerprint density at radius 3 is 2.17 bits per heavy atom. The second-order valence-electron chi connectivity index (χ2n) is 6.49. The molecule has 4 rings (SSSR count). The molecule has 0 bridgehead atoms. The number of carbonyl (C=O) groups is 2. The summed E-state index contributed by atoms with van der Waals surface area (Å²) in [6.45, 7) is 0. The molecule has 0 saturated heterocycles. The van der Waals surface area contributed by atoms with Gasteiger partial charge in [-0.1, -0.05) is 36.4 Å². The molecule has 9 heteroatoms. The lowest BCUT2D eigenvalue weighted by atomic mass is 9.75. The minimum atomic E-state index is -4.87. The first-order chi connectivity index (χ1) is 14.2. The summed E-state index contributed by atoms with van der Waals surface area (Å²) in [6.07, 6.45) is -4.87. The molecule has 2 aromatic rings. The second-order valence-corrected chi connectivity index (χ2v) is 6.49. The SMILES string of the molecule is N#CC1=C(N)OC2=C(C(=O)c3ccccc3C2=O)[C@H]1c1ccc(OC(F)(F)F)cc1. The lowest BCUT2D eigenvalue weighted by Gasteiger charge is -2.31. The fourth-order valence-corrected chi connectivity index (χ4v) is 3.50. The molecule has 0 amide bonds. The van der Waals surface area contributed by atoms with Gasteiger partial charge in [0, 0.05) is 11.1 Å². The van der Waals surface area contributed by atoms with Gasteiger partial charge in [0.05, 0.1) is 11.5 Å². The highest BCUT2D eigenvalue weighted by Gasteiger charge is 2.43. The Bertz CT molecular complexity index is 1190. The minimum Gasteiger partial charge on any atom is -0.436 e. The maximum atomic E-state index is 13.2. The van der Waals surface area contributed by atoms with Gasteiger partial charge in [0.25, 0.3) is 0 Å². The predicted octanol–water partition coefficient (Wildman–Crippen LogP) is 3.73. The van der Waals surface area contributed by atoms with E-state index in [2.05, 4.69) is 4.74 Å². The molecule has 0 saturated carbocycles. The van der Waals surface area contributed by atoms with E-state index in [-0.39, 0.29) is 39.5 Å². The van der Waals surface area contributed by atoms with Crippen molar-refractivity contribution >= 4 is 11.6 Å². The Balaban J connectivity index is 1.85. The van der Waals surface area contributed by atoms with E-state index in [0.717, 1.165) is 12.1 Å². The summed E-state index contributed by atoms with van der Waals surface area (Å²) in [5, 5.41) is 9.58. The lowest BCUT2D eigenvalue weighted by Crippen LogP contribution is -2.32. The molecule has 150 valence electrons. The smallest absolute Gasteiger partial charge is 0.436 e. The molecular weight excluding hydrogens is 401 g/mol. The number of Topliss-reactive ketones (excluding diaryl/α,β-unsaturated/α-hetero) is 2. The molecule has 1 aliphatic heterocycles. The number of hydrogen-bond acceptors (Lipinski definition) is 6. The van der Waals surface area contributed by atoms with Crippen LogP contribution in [-0.4, -0.2) is 17.9 Å². The van der Waals surface area contributed by atoms with E-state index in [1.54, 1.807) is 12.1 Å². The van der Waals surface area contributed by atoms with E-state index in [0.29, 0.717) is 0 Å². The summed E-state index contributed by atoms with van der Waals surface area (Å²) < 4.78 is 46.5. The molecule has 2 aliphatic rings. The number of alkyl halides is 3. The first-order valence-electron chi connectivity index (χ1n) is 8.57. The number of hydrogen-bond donors (Lipinski definition) is 1. The number of ketones is 2. The van der Waals surface area contributed by atoms with Crippen LogP contribution in [0, 0.1) is 11.3 Å². The number of fused-ring (bicyclic) bond motifs is 1. The third kappa shape index (κ3) is 3.08. The van der Waals surface area contributed by atoms with Crippen LogP contribution in [-0.2, 0) is 4.74 Å². The molecule has 0 unspecified atom stereocenters. The largest absolute Gasteiger partial charge is 0.573 e. The van der Waals surface area contributed by atoms with Crippen molar-refractivity contribution in [3.63, 3.8) is 0 Å². The number of carbonyl (C=O) groups excluding carboxylic acids is 2.